The lowest BCUT2D eigenvalue weighted by atomic mass is 10.1. The molecule has 0 aliphatic rings. The van der Waals surface area contributed by atoms with E-state index >= 15 is 0 Å². The zero-order chi connectivity index (χ0) is 20.2. The number of carbonyl (C=O) groups is 2. The Labute approximate surface area is 164 Å². The van der Waals surface area contributed by atoms with E-state index in [9.17, 15) is 9.59 Å². The molecule has 0 unspecified atom stereocenters. The summed E-state index contributed by atoms with van der Waals surface area (Å²) in [6.07, 6.45) is 6.33. The molecule has 0 N–H and O–H groups in total. The predicted molar refractivity (Wildman–Crippen MR) is 108 cm³/mol. The first-order valence-electron chi connectivity index (χ1n) is 10.1. The van der Waals surface area contributed by atoms with Crippen molar-refractivity contribution in [3.63, 3.8) is 0 Å². The summed E-state index contributed by atoms with van der Waals surface area (Å²) < 4.78 is 7.19. The first kappa shape index (κ1) is 23.2. The molecule has 154 valence electrons. The molecule has 6 nitrogen and oxygen atoms in total. The van der Waals surface area contributed by atoms with Gasteiger partial charge < -0.3 is 19.1 Å². The molecule has 1 atom stereocenters. The van der Waals surface area contributed by atoms with E-state index in [2.05, 4.69) is 6.92 Å². The number of aryl methyl sites for hydroxylation is 1. The van der Waals surface area contributed by atoms with Gasteiger partial charge in [-0.15, -0.1) is 0 Å². The first-order chi connectivity index (χ1) is 12.9. The molecule has 1 aromatic heterocycles. The Morgan fingerprint density at radius 1 is 1.22 bits per heavy atom. The quantitative estimate of drug-likeness (QED) is 0.495. The van der Waals surface area contributed by atoms with Crippen LogP contribution in [0.15, 0.2) is 18.3 Å². The molecule has 27 heavy (non-hydrogen) atoms. The van der Waals surface area contributed by atoms with Gasteiger partial charge >= 0.3 is 0 Å². The molecule has 2 amide bonds. The highest BCUT2D eigenvalue weighted by Crippen LogP contribution is 2.12. The molecule has 6 heteroatoms. The number of amides is 2. The molecular weight excluding hydrogens is 342 g/mol. The molecular formula is C21H37N3O3. The van der Waals surface area contributed by atoms with Crippen molar-refractivity contribution < 1.29 is 14.3 Å². The molecule has 0 bridgehead atoms. The number of unbranched alkanes of at least 4 members (excludes halogenated alkanes) is 2. The van der Waals surface area contributed by atoms with E-state index in [1.54, 1.807) is 16.9 Å². The van der Waals surface area contributed by atoms with E-state index in [1.165, 1.54) is 0 Å². The Kier molecular flexibility index (Phi) is 10.8. The SMILES string of the molecule is CCCCCC(=O)N(CC(=O)N(CCOC)Cc1cccn1C)[C@H](C)CC. The summed E-state index contributed by atoms with van der Waals surface area (Å²) in [5.74, 6) is 0.0501. The van der Waals surface area contributed by atoms with Gasteiger partial charge in [-0.2, -0.15) is 0 Å². The van der Waals surface area contributed by atoms with Crippen LogP contribution < -0.4 is 0 Å². The number of hydrogen-bond donors (Lipinski definition) is 0. The minimum atomic E-state index is -0.0302. The second-order valence-electron chi connectivity index (χ2n) is 7.15. The highest BCUT2D eigenvalue weighted by molar-refractivity contribution is 5.85. The van der Waals surface area contributed by atoms with Gasteiger partial charge in [0.1, 0.15) is 6.54 Å². The molecule has 1 heterocycles. The molecule has 0 spiro atoms. The second-order valence-corrected chi connectivity index (χ2v) is 7.15. The van der Waals surface area contributed by atoms with Gasteiger partial charge in [0.15, 0.2) is 0 Å². The lowest BCUT2D eigenvalue weighted by Crippen LogP contribution is -2.47. The van der Waals surface area contributed by atoms with E-state index in [0.29, 0.717) is 26.1 Å². The number of aromatic nitrogens is 1. The van der Waals surface area contributed by atoms with Crippen molar-refractivity contribution in [2.24, 2.45) is 7.05 Å². The van der Waals surface area contributed by atoms with Crippen molar-refractivity contribution >= 4 is 11.8 Å². The van der Waals surface area contributed by atoms with Crippen LogP contribution in [-0.2, 0) is 27.9 Å². The number of rotatable bonds is 13. The summed E-state index contributed by atoms with van der Waals surface area (Å²) in [5, 5.41) is 0. The van der Waals surface area contributed by atoms with E-state index < -0.39 is 0 Å². The molecule has 0 fully saturated rings. The zero-order valence-electron chi connectivity index (χ0n) is 17.7. The summed E-state index contributed by atoms with van der Waals surface area (Å²) >= 11 is 0. The van der Waals surface area contributed by atoms with Crippen molar-refractivity contribution in [2.45, 2.75) is 65.5 Å². The minimum Gasteiger partial charge on any atom is -0.383 e. The topological polar surface area (TPSA) is 54.8 Å². The Balaban J connectivity index is 2.82. The van der Waals surface area contributed by atoms with Crippen LogP contribution in [0.25, 0.3) is 0 Å². The van der Waals surface area contributed by atoms with Crippen molar-refractivity contribution in [2.75, 3.05) is 26.8 Å². The van der Waals surface area contributed by atoms with Gasteiger partial charge in [-0.05, 0) is 31.9 Å². The summed E-state index contributed by atoms with van der Waals surface area (Å²) in [5.41, 5.74) is 1.06. The van der Waals surface area contributed by atoms with Crippen LogP contribution in [0.3, 0.4) is 0 Å². The Morgan fingerprint density at radius 2 is 1.96 bits per heavy atom. The van der Waals surface area contributed by atoms with Gasteiger partial charge in [0.2, 0.25) is 11.8 Å². The minimum absolute atomic E-state index is 0.0302. The van der Waals surface area contributed by atoms with E-state index in [1.807, 2.05) is 43.8 Å². The third kappa shape index (κ3) is 7.75. The molecule has 0 aliphatic carbocycles. The van der Waals surface area contributed by atoms with Crippen LogP contribution in [-0.4, -0.2) is 59.0 Å². The van der Waals surface area contributed by atoms with Crippen molar-refractivity contribution in [1.29, 1.82) is 0 Å². The summed E-state index contributed by atoms with van der Waals surface area (Å²) in [6.45, 7) is 7.83. The molecule has 1 rings (SSSR count). The van der Waals surface area contributed by atoms with Gasteiger partial charge in [-0.1, -0.05) is 26.7 Å². The van der Waals surface area contributed by atoms with Crippen molar-refractivity contribution in [3.05, 3.63) is 24.0 Å². The van der Waals surface area contributed by atoms with Gasteiger partial charge in [0.05, 0.1) is 13.2 Å². The number of methoxy groups -OCH3 is 1. The maximum atomic E-state index is 13.0. The standard InChI is InChI=1S/C21H37N3O3/c1-6-8-9-12-20(25)24(18(3)7-2)17-21(26)23(14-15-27-5)16-19-11-10-13-22(19)4/h10-11,13,18H,6-9,12,14-17H2,1-5H3/t18-/m1/s1. The van der Waals surface area contributed by atoms with E-state index in [4.69, 9.17) is 4.74 Å². The van der Waals surface area contributed by atoms with E-state index in [-0.39, 0.29) is 24.4 Å². The van der Waals surface area contributed by atoms with Crippen LogP contribution in [0.2, 0.25) is 0 Å². The number of carbonyl (C=O) groups excluding carboxylic acids is 2. The third-order valence-electron chi connectivity index (χ3n) is 5.07. The van der Waals surface area contributed by atoms with Crippen molar-refractivity contribution in [1.82, 2.24) is 14.4 Å². The molecule has 0 aliphatic heterocycles. The number of ether oxygens (including phenoxy) is 1. The summed E-state index contributed by atoms with van der Waals surface area (Å²) in [4.78, 5) is 29.2. The smallest absolute Gasteiger partial charge is 0.242 e. The average molecular weight is 380 g/mol. The molecule has 0 aromatic carbocycles. The third-order valence-corrected chi connectivity index (χ3v) is 5.07. The molecule has 0 saturated heterocycles. The zero-order valence-corrected chi connectivity index (χ0v) is 17.7. The monoisotopic (exact) mass is 379 g/mol. The lowest BCUT2D eigenvalue weighted by Gasteiger charge is -2.31. The van der Waals surface area contributed by atoms with Crippen LogP contribution in [0.1, 0.15) is 58.6 Å². The van der Waals surface area contributed by atoms with Crippen LogP contribution in [0, 0.1) is 0 Å². The summed E-state index contributed by atoms with van der Waals surface area (Å²) in [6, 6.07) is 4.04. The van der Waals surface area contributed by atoms with Crippen LogP contribution in [0.5, 0.6) is 0 Å². The fraction of sp³-hybridized carbons (Fsp3) is 0.714. The van der Waals surface area contributed by atoms with Gasteiger partial charge in [-0.25, -0.2) is 0 Å². The van der Waals surface area contributed by atoms with E-state index in [0.717, 1.165) is 31.4 Å². The average Bonchev–Trinajstić information content (AvgIpc) is 3.06. The Bertz CT molecular complexity index is 571. The van der Waals surface area contributed by atoms with Crippen LogP contribution >= 0.6 is 0 Å². The molecule has 0 radical (unpaired) electrons. The Hall–Kier alpha value is -1.82. The predicted octanol–water partition coefficient (Wildman–Crippen LogP) is 3.21. The van der Waals surface area contributed by atoms with Gasteiger partial charge in [-0.3, -0.25) is 9.59 Å². The maximum absolute atomic E-state index is 13.0. The highest BCUT2D eigenvalue weighted by atomic mass is 16.5. The van der Waals surface area contributed by atoms with Gasteiger partial charge in [0.25, 0.3) is 0 Å². The number of nitrogens with zero attached hydrogens (tertiary/aromatic N) is 3. The molecule has 1 aromatic rings. The fourth-order valence-corrected chi connectivity index (χ4v) is 2.98. The molecule has 0 saturated carbocycles. The Morgan fingerprint density at radius 3 is 2.52 bits per heavy atom. The maximum Gasteiger partial charge on any atom is 0.242 e. The second kappa shape index (κ2) is 12.5. The largest absolute Gasteiger partial charge is 0.383 e. The number of hydrogen-bond acceptors (Lipinski definition) is 3. The first-order valence-corrected chi connectivity index (χ1v) is 10.1. The van der Waals surface area contributed by atoms with Crippen LogP contribution in [0.4, 0.5) is 0 Å². The summed E-state index contributed by atoms with van der Waals surface area (Å²) in [7, 11) is 3.60. The highest BCUT2D eigenvalue weighted by Gasteiger charge is 2.24. The van der Waals surface area contributed by atoms with Gasteiger partial charge in [0, 0.05) is 45.1 Å². The fourth-order valence-electron chi connectivity index (χ4n) is 2.98. The lowest BCUT2D eigenvalue weighted by molar-refractivity contribution is -0.143. The van der Waals surface area contributed by atoms with Crippen molar-refractivity contribution in [3.8, 4) is 0 Å². The normalized spacial score (nSPS) is 12.0.